The first kappa shape index (κ1) is 14.6. The number of pyridine rings is 1. The number of likely N-dealkylation sites (N-methyl/N-ethyl adjacent to an activating group) is 1. The summed E-state index contributed by atoms with van der Waals surface area (Å²) in [5.74, 6) is -0.0387. The summed E-state index contributed by atoms with van der Waals surface area (Å²) in [6.07, 6.45) is 2.49. The zero-order valence-electron chi connectivity index (χ0n) is 12.2. The molecule has 0 bridgehead atoms. The van der Waals surface area contributed by atoms with Gasteiger partial charge in [0, 0.05) is 47.8 Å². The molecule has 5 heteroatoms. The highest BCUT2D eigenvalue weighted by Gasteiger charge is 2.14. The van der Waals surface area contributed by atoms with Gasteiger partial charge in [-0.2, -0.15) is 0 Å². The van der Waals surface area contributed by atoms with E-state index in [9.17, 15) is 4.79 Å². The Bertz CT molecular complexity index is 798. The third-order valence-corrected chi connectivity index (χ3v) is 3.82. The molecule has 0 fully saturated rings. The van der Waals surface area contributed by atoms with Crippen molar-refractivity contribution in [3.63, 3.8) is 0 Å². The Labute approximate surface area is 133 Å². The number of nitrogens with zero attached hydrogens (tertiary/aromatic N) is 2. The van der Waals surface area contributed by atoms with E-state index in [4.69, 9.17) is 11.6 Å². The van der Waals surface area contributed by atoms with E-state index in [1.165, 1.54) is 0 Å². The van der Waals surface area contributed by atoms with E-state index in [0.29, 0.717) is 17.3 Å². The van der Waals surface area contributed by atoms with E-state index in [1.807, 2.05) is 36.4 Å². The van der Waals surface area contributed by atoms with Crippen LogP contribution < -0.4 is 0 Å². The number of fused-ring (bicyclic) bond motifs is 1. The lowest BCUT2D eigenvalue weighted by atomic mass is 10.2. The maximum Gasteiger partial charge on any atom is 0.270 e. The predicted molar refractivity (Wildman–Crippen MR) is 88.2 cm³/mol. The fourth-order valence-corrected chi connectivity index (χ4v) is 2.53. The van der Waals surface area contributed by atoms with Crippen molar-refractivity contribution in [2.75, 3.05) is 13.6 Å². The van der Waals surface area contributed by atoms with Gasteiger partial charge in [0.05, 0.1) is 0 Å². The Hall–Kier alpha value is -2.33. The summed E-state index contributed by atoms with van der Waals surface area (Å²) in [5.41, 5.74) is 2.46. The molecular formula is C17H16ClN3O. The predicted octanol–water partition coefficient (Wildman–Crippen LogP) is 3.53. The third-order valence-electron chi connectivity index (χ3n) is 3.59. The Morgan fingerprint density at radius 1 is 1.27 bits per heavy atom. The number of aromatic amines is 1. The average Bonchev–Trinajstić information content (AvgIpc) is 2.95. The zero-order valence-corrected chi connectivity index (χ0v) is 13.0. The number of H-pyrrole nitrogens is 1. The van der Waals surface area contributed by atoms with E-state index < -0.39 is 0 Å². The van der Waals surface area contributed by atoms with Gasteiger partial charge in [-0.25, -0.2) is 0 Å². The van der Waals surface area contributed by atoms with Crippen LogP contribution in [0, 0.1) is 0 Å². The summed E-state index contributed by atoms with van der Waals surface area (Å²) >= 11 is 5.97. The van der Waals surface area contributed by atoms with Crippen molar-refractivity contribution in [2.24, 2.45) is 0 Å². The molecule has 2 aromatic heterocycles. The molecule has 1 amide bonds. The van der Waals surface area contributed by atoms with Gasteiger partial charge in [0.15, 0.2) is 0 Å². The molecule has 0 saturated carbocycles. The highest BCUT2D eigenvalue weighted by molar-refractivity contribution is 6.31. The van der Waals surface area contributed by atoms with Crippen LogP contribution >= 0.6 is 11.6 Å². The summed E-state index contributed by atoms with van der Waals surface area (Å²) in [6, 6.07) is 13.2. The van der Waals surface area contributed by atoms with Gasteiger partial charge in [0.25, 0.3) is 5.91 Å². The quantitative estimate of drug-likeness (QED) is 0.801. The SMILES string of the molecule is CN(CCc1ccccn1)C(=O)c1cc2cc(Cl)ccc2[nH]1. The number of amides is 1. The molecule has 3 rings (SSSR count). The van der Waals surface area contributed by atoms with Gasteiger partial charge in [0.2, 0.25) is 0 Å². The molecular weight excluding hydrogens is 298 g/mol. The van der Waals surface area contributed by atoms with Crippen LogP contribution in [0.5, 0.6) is 0 Å². The molecule has 0 radical (unpaired) electrons. The van der Waals surface area contributed by atoms with Gasteiger partial charge in [-0.05, 0) is 36.4 Å². The maximum atomic E-state index is 12.5. The fraction of sp³-hybridized carbons (Fsp3) is 0.176. The number of aromatic nitrogens is 2. The van der Waals surface area contributed by atoms with Crippen LogP contribution in [-0.2, 0) is 6.42 Å². The second kappa shape index (κ2) is 6.20. The molecule has 0 atom stereocenters. The Balaban J connectivity index is 1.71. The van der Waals surface area contributed by atoms with E-state index in [1.54, 1.807) is 24.2 Å². The number of carbonyl (C=O) groups excluding carboxylic acids is 1. The first-order valence-electron chi connectivity index (χ1n) is 7.07. The lowest BCUT2D eigenvalue weighted by molar-refractivity contribution is 0.0791. The molecule has 1 aromatic carbocycles. The fourth-order valence-electron chi connectivity index (χ4n) is 2.35. The molecule has 22 heavy (non-hydrogen) atoms. The minimum atomic E-state index is -0.0387. The smallest absolute Gasteiger partial charge is 0.270 e. The van der Waals surface area contributed by atoms with Crippen LogP contribution in [0.15, 0.2) is 48.7 Å². The first-order chi connectivity index (χ1) is 10.6. The molecule has 0 saturated heterocycles. The van der Waals surface area contributed by atoms with Crippen molar-refractivity contribution in [3.8, 4) is 0 Å². The first-order valence-corrected chi connectivity index (χ1v) is 7.45. The number of halogens is 1. The molecule has 3 aromatic rings. The Morgan fingerprint density at radius 2 is 2.14 bits per heavy atom. The summed E-state index contributed by atoms with van der Waals surface area (Å²) in [6.45, 7) is 0.617. The zero-order chi connectivity index (χ0) is 15.5. The van der Waals surface area contributed by atoms with E-state index in [0.717, 1.165) is 23.0 Å². The second-order valence-electron chi connectivity index (χ2n) is 5.21. The standard InChI is InChI=1S/C17H16ClN3O/c1-21(9-7-14-4-2-3-8-19-14)17(22)16-11-12-10-13(18)5-6-15(12)20-16/h2-6,8,10-11,20H,7,9H2,1H3. The number of rotatable bonds is 4. The number of nitrogens with one attached hydrogen (secondary N) is 1. The third kappa shape index (κ3) is 3.12. The summed E-state index contributed by atoms with van der Waals surface area (Å²) in [5, 5.41) is 1.60. The molecule has 4 nitrogen and oxygen atoms in total. The molecule has 0 aliphatic heterocycles. The topological polar surface area (TPSA) is 49.0 Å². The van der Waals surface area contributed by atoms with Crippen LogP contribution in [-0.4, -0.2) is 34.4 Å². The van der Waals surface area contributed by atoms with Gasteiger partial charge >= 0.3 is 0 Å². The molecule has 1 N–H and O–H groups in total. The van der Waals surface area contributed by atoms with Crippen molar-refractivity contribution >= 4 is 28.4 Å². The van der Waals surface area contributed by atoms with Crippen molar-refractivity contribution in [1.82, 2.24) is 14.9 Å². The highest BCUT2D eigenvalue weighted by Crippen LogP contribution is 2.20. The normalized spacial score (nSPS) is 10.8. The molecule has 0 unspecified atom stereocenters. The highest BCUT2D eigenvalue weighted by atomic mass is 35.5. The van der Waals surface area contributed by atoms with Crippen molar-refractivity contribution < 1.29 is 4.79 Å². The largest absolute Gasteiger partial charge is 0.351 e. The van der Waals surface area contributed by atoms with Crippen LogP contribution in [0.2, 0.25) is 5.02 Å². The summed E-state index contributed by atoms with van der Waals surface area (Å²) < 4.78 is 0. The number of hydrogen-bond donors (Lipinski definition) is 1. The second-order valence-corrected chi connectivity index (χ2v) is 5.65. The van der Waals surface area contributed by atoms with Gasteiger partial charge in [0.1, 0.15) is 5.69 Å². The van der Waals surface area contributed by atoms with Crippen molar-refractivity contribution in [3.05, 3.63) is 65.1 Å². The van der Waals surface area contributed by atoms with Crippen LogP contribution in [0.3, 0.4) is 0 Å². The molecule has 0 aliphatic rings. The minimum Gasteiger partial charge on any atom is -0.351 e. The number of carbonyl (C=O) groups is 1. The molecule has 0 spiro atoms. The number of hydrogen-bond acceptors (Lipinski definition) is 2. The van der Waals surface area contributed by atoms with Gasteiger partial charge in [-0.1, -0.05) is 17.7 Å². The monoisotopic (exact) mass is 313 g/mol. The van der Waals surface area contributed by atoms with Gasteiger partial charge in [-0.3, -0.25) is 9.78 Å². The van der Waals surface area contributed by atoms with Crippen molar-refractivity contribution in [1.29, 1.82) is 0 Å². The average molecular weight is 314 g/mol. The van der Waals surface area contributed by atoms with Crippen LogP contribution in [0.1, 0.15) is 16.2 Å². The van der Waals surface area contributed by atoms with Crippen LogP contribution in [0.25, 0.3) is 10.9 Å². The lowest BCUT2D eigenvalue weighted by Crippen LogP contribution is -2.29. The van der Waals surface area contributed by atoms with Crippen LogP contribution in [0.4, 0.5) is 0 Å². The van der Waals surface area contributed by atoms with Crippen molar-refractivity contribution in [2.45, 2.75) is 6.42 Å². The summed E-state index contributed by atoms with van der Waals surface area (Å²) in [7, 11) is 1.80. The van der Waals surface area contributed by atoms with E-state index in [-0.39, 0.29) is 5.91 Å². The van der Waals surface area contributed by atoms with E-state index in [2.05, 4.69) is 9.97 Å². The molecule has 0 aliphatic carbocycles. The Morgan fingerprint density at radius 3 is 2.91 bits per heavy atom. The Kier molecular flexibility index (Phi) is 4.11. The summed E-state index contributed by atoms with van der Waals surface area (Å²) in [4.78, 5) is 21.6. The van der Waals surface area contributed by atoms with Gasteiger partial charge in [-0.15, -0.1) is 0 Å². The van der Waals surface area contributed by atoms with Gasteiger partial charge < -0.3 is 9.88 Å². The lowest BCUT2D eigenvalue weighted by Gasteiger charge is -2.15. The van der Waals surface area contributed by atoms with E-state index >= 15 is 0 Å². The number of benzene rings is 1. The molecule has 2 heterocycles. The minimum absolute atomic E-state index is 0.0387. The maximum absolute atomic E-state index is 12.5. The molecule has 112 valence electrons.